The molecule has 25 heavy (non-hydrogen) atoms. The monoisotopic (exact) mass is 373 g/mol. The van der Waals surface area contributed by atoms with Crippen LogP contribution in [-0.2, 0) is 11.3 Å². The SMILES string of the molecule is COc1ccc(/C=C2\SC(=O)N(Cc3ccc(Cl)cc3)C2=O)cc1C. The first-order valence-corrected chi connectivity index (χ1v) is 8.82. The van der Waals surface area contributed by atoms with Crippen LogP contribution >= 0.6 is 23.4 Å². The normalized spacial score (nSPS) is 16.0. The van der Waals surface area contributed by atoms with Gasteiger partial charge in [0.25, 0.3) is 11.1 Å². The Balaban J connectivity index is 1.80. The van der Waals surface area contributed by atoms with Gasteiger partial charge in [0.15, 0.2) is 0 Å². The number of halogens is 1. The number of carbonyl (C=O) groups excluding carboxylic acids is 2. The number of nitrogens with zero attached hydrogens (tertiary/aromatic N) is 1. The van der Waals surface area contributed by atoms with E-state index in [1.807, 2.05) is 37.3 Å². The van der Waals surface area contributed by atoms with Crippen LogP contribution in [-0.4, -0.2) is 23.2 Å². The molecule has 0 saturated carbocycles. The third-order valence-electron chi connectivity index (χ3n) is 3.84. The predicted molar refractivity (Wildman–Crippen MR) is 101 cm³/mol. The second kappa shape index (κ2) is 7.33. The lowest BCUT2D eigenvalue weighted by Crippen LogP contribution is -2.27. The minimum Gasteiger partial charge on any atom is -0.496 e. The van der Waals surface area contributed by atoms with Crippen molar-refractivity contribution in [3.05, 3.63) is 69.1 Å². The summed E-state index contributed by atoms with van der Waals surface area (Å²) >= 11 is 6.82. The number of rotatable bonds is 4. The molecule has 0 bridgehead atoms. The third-order valence-corrected chi connectivity index (χ3v) is 5.00. The quantitative estimate of drug-likeness (QED) is 0.715. The summed E-state index contributed by atoms with van der Waals surface area (Å²) < 4.78 is 5.24. The summed E-state index contributed by atoms with van der Waals surface area (Å²) in [6.45, 7) is 2.17. The molecular weight excluding hydrogens is 358 g/mol. The Morgan fingerprint density at radius 1 is 1.16 bits per heavy atom. The molecule has 0 unspecified atom stereocenters. The predicted octanol–water partition coefficient (Wildman–Crippen LogP) is 4.89. The van der Waals surface area contributed by atoms with Gasteiger partial charge in [-0.1, -0.05) is 29.8 Å². The zero-order chi connectivity index (χ0) is 18.0. The Kier molecular flexibility index (Phi) is 5.16. The van der Waals surface area contributed by atoms with Crippen molar-refractivity contribution < 1.29 is 14.3 Å². The standard InChI is InChI=1S/C19H16ClNO3S/c1-12-9-14(5-8-16(12)24-2)10-17-18(22)21(19(23)25-17)11-13-3-6-15(20)7-4-13/h3-10H,11H2,1-2H3/b17-10-. The van der Waals surface area contributed by atoms with Crippen LogP contribution in [0, 0.1) is 6.92 Å². The van der Waals surface area contributed by atoms with Crippen LogP contribution in [0.15, 0.2) is 47.4 Å². The molecule has 0 spiro atoms. The zero-order valence-electron chi connectivity index (χ0n) is 13.8. The Bertz CT molecular complexity index is 861. The van der Waals surface area contributed by atoms with Gasteiger partial charge in [-0.05, 0) is 65.7 Å². The zero-order valence-corrected chi connectivity index (χ0v) is 15.4. The lowest BCUT2D eigenvalue weighted by Gasteiger charge is -2.12. The second-order valence-corrected chi connectivity index (χ2v) is 7.05. The molecule has 0 aromatic heterocycles. The Labute approximate surface area is 155 Å². The molecule has 2 aromatic carbocycles. The molecule has 4 nitrogen and oxygen atoms in total. The van der Waals surface area contributed by atoms with Gasteiger partial charge in [-0.15, -0.1) is 0 Å². The van der Waals surface area contributed by atoms with Gasteiger partial charge in [-0.25, -0.2) is 0 Å². The number of amides is 2. The molecule has 6 heteroatoms. The van der Waals surface area contributed by atoms with Crippen molar-refractivity contribution in [3.8, 4) is 5.75 Å². The summed E-state index contributed by atoms with van der Waals surface area (Å²) in [6.07, 6.45) is 1.74. The van der Waals surface area contributed by atoms with E-state index >= 15 is 0 Å². The summed E-state index contributed by atoms with van der Waals surface area (Å²) in [5.41, 5.74) is 2.68. The van der Waals surface area contributed by atoms with Gasteiger partial charge in [0.05, 0.1) is 18.6 Å². The van der Waals surface area contributed by atoms with Gasteiger partial charge in [0.1, 0.15) is 5.75 Å². The Morgan fingerprint density at radius 3 is 2.52 bits per heavy atom. The number of hydrogen-bond donors (Lipinski definition) is 0. The van der Waals surface area contributed by atoms with E-state index in [4.69, 9.17) is 16.3 Å². The van der Waals surface area contributed by atoms with Gasteiger partial charge < -0.3 is 4.74 Å². The van der Waals surface area contributed by atoms with Gasteiger partial charge >= 0.3 is 0 Å². The summed E-state index contributed by atoms with van der Waals surface area (Å²) in [7, 11) is 1.62. The fraction of sp³-hybridized carbons (Fsp3) is 0.158. The second-order valence-electron chi connectivity index (χ2n) is 5.62. The maximum atomic E-state index is 12.6. The van der Waals surface area contributed by atoms with Gasteiger partial charge in [-0.3, -0.25) is 14.5 Å². The number of aryl methyl sites for hydroxylation is 1. The minimum atomic E-state index is -0.279. The number of imide groups is 1. The molecule has 1 saturated heterocycles. The van der Waals surface area contributed by atoms with Crippen LogP contribution in [0.4, 0.5) is 4.79 Å². The van der Waals surface area contributed by atoms with Crippen molar-refractivity contribution >= 4 is 40.6 Å². The van der Waals surface area contributed by atoms with Crippen LogP contribution in [0.5, 0.6) is 5.75 Å². The van der Waals surface area contributed by atoms with Gasteiger partial charge in [0, 0.05) is 5.02 Å². The van der Waals surface area contributed by atoms with Gasteiger partial charge in [-0.2, -0.15) is 0 Å². The van der Waals surface area contributed by atoms with Crippen molar-refractivity contribution in [2.75, 3.05) is 7.11 Å². The highest BCUT2D eigenvalue weighted by molar-refractivity contribution is 8.18. The van der Waals surface area contributed by atoms with Crippen LogP contribution < -0.4 is 4.74 Å². The molecule has 2 aromatic rings. The number of ether oxygens (including phenoxy) is 1. The fourth-order valence-corrected chi connectivity index (χ4v) is 3.52. The maximum absolute atomic E-state index is 12.6. The molecule has 3 rings (SSSR count). The Morgan fingerprint density at radius 2 is 1.88 bits per heavy atom. The third kappa shape index (κ3) is 3.89. The van der Waals surface area contributed by atoms with Crippen molar-refractivity contribution in [2.45, 2.75) is 13.5 Å². The van der Waals surface area contributed by atoms with E-state index in [1.54, 1.807) is 25.3 Å². The number of carbonyl (C=O) groups is 2. The van der Waals surface area contributed by atoms with Crippen LogP contribution in [0.3, 0.4) is 0 Å². The Hall–Kier alpha value is -2.24. The molecule has 0 radical (unpaired) electrons. The molecular formula is C19H16ClNO3S. The van der Waals surface area contributed by atoms with E-state index < -0.39 is 0 Å². The molecule has 0 atom stereocenters. The van der Waals surface area contributed by atoms with Crippen LogP contribution in [0.1, 0.15) is 16.7 Å². The lowest BCUT2D eigenvalue weighted by molar-refractivity contribution is -0.123. The lowest BCUT2D eigenvalue weighted by atomic mass is 10.1. The smallest absolute Gasteiger partial charge is 0.293 e. The van der Waals surface area contributed by atoms with Crippen molar-refractivity contribution in [2.24, 2.45) is 0 Å². The van der Waals surface area contributed by atoms with Crippen LogP contribution in [0.2, 0.25) is 5.02 Å². The first-order chi connectivity index (χ1) is 12.0. The highest BCUT2D eigenvalue weighted by atomic mass is 35.5. The van der Waals surface area contributed by atoms with E-state index in [0.29, 0.717) is 9.93 Å². The van der Waals surface area contributed by atoms with E-state index in [-0.39, 0.29) is 17.7 Å². The van der Waals surface area contributed by atoms with Crippen molar-refractivity contribution in [1.29, 1.82) is 0 Å². The van der Waals surface area contributed by atoms with E-state index in [0.717, 1.165) is 34.2 Å². The van der Waals surface area contributed by atoms with Crippen molar-refractivity contribution in [1.82, 2.24) is 4.90 Å². The molecule has 1 aliphatic heterocycles. The first-order valence-electron chi connectivity index (χ1n) is 7.62. The molecule has 128 valence electrons. The number of benzene rings is 2. The molecule has 2 amide bonds. The summed E-state index contributed by atoms with van der Waals surface area (Å²) in [4.78, 5) is 26.4. The topological polar surface area (TPSA) is 46.6 Å². The van der Waals surface area contributed by atoms with Gasteiger partial charge in [0.2, 0.25) is 0 Å². The van der Waals surface area contributed by atoms with E-state index in [9.17, 15) is 9.59 Å². The van der Waals surface area contributed by atoms with E-state index in [2.05, 4.69) is 0 Å². The number of methoxy groups -OCH3 is 1. The van der Waals surface area contributed by atoms with Crippen molar-refractivity contribution in [3.63, 3.8) is 0 Å². The molecule has 1 heterocycles. The highest BCUT2D eigenvalue weighted by Gasteiger charge is 2.34. The number of thioether (sulfide) groups is 1. The highest BCUT2D eigenvalue weighted by Crippen LogP contribution is 2.34. The molecule has 0 N–H and O–H groups in total. The summed E-state index contributed by atoms with van der Waals surface area (Å²) in [5.74, 6) is 0.506. The molecule has 1 fully saturated rings. The maximum Gasteiger partial charge on any atom is 0.293 e. The molecule has 1 aliphatic rings. The minimum absolute atomic E-state index is 0.237. The van der Waals surface area contributed by atoms with Crippen LogP contribution in [0.25, 0.3) is 6.08 Å². The fourth-order valence-electron chi connectivity index (χ4n) is 2.55. The summed E-state index contributed by atoms with van der Waals surface area (Å²) in [5, 5.41) is 0.351. The molecule has 0 aliphatic carbocycles. The largest absolute Gasteiger partial charge is 0.496 e. The average molecular weight is 374 g/mol. The van der Waals surface area contributed by atoms with E-state index in [1.165, 1.54) is 4.90 Å². The average Bonchev–Trinajstić information content (AvgIpc) is 2.84. The summed E-state index contributed by atoms with van der Waals surface area (Å²) in [6, 6.07) is 12.7. The first kappa shape index (κ1) is 17.6. The number of hydrogen-bond acceptors (Lipinski definition) is 4.